The number of aliphatic hydroxyl groups is 1. The molecule has 1 amide bonds. The maximum Gasteiger partial charge on any atom is 0.242 e. The third-order valence-electron chi connectivity index (χ3n) is 6.92. The maximum atomic E-state index is 13.6. The fraction of sp³-hybridized carbons (Fsp3) is 0.696. The first-order valence-corrected chi connectivity index (χ1v) is 11.0. The van der Waals surface area contributed by atoms with Gasteiger partial charge in [0.05, 0.1) is 13.7 Å². The number of nitrogens with zero attached hydrogens (tertiary/aromatic N) is 2. The lowest BCUT2D eigenvalue weighted by molar-refractivity contribution is -0.145. The molecule has 1 aromatic carbocycles. The molecule has 0 spiro atoms. The average Bonchev–Trinajstić information content (AvgIpc) is 3.59. The molecule has 0 radical (unpaired) electrons. The minimum atomic E-state index is -0.421. The molecule has 3 fully saturated rings. The van der Waals surface area contributed by atoms with E-state index in [1.807, 2.05) is 12.1 Å². The third kappa shape index (κ3) is 4.20. The summed E-state index contributed by atoms with van der Waals surface area (Å²) in [6.45, 7) is 1.46. The summed E-state index contributed by atoms with van der Waals surface area (Å²) >= 11 is 0. The van der Waals surface area contributed by atoms with Gasteiger partial charge in [0, 0.05) is 25.2 Å². The first kappa shape index (κ1) is 19.7. The summed E-state index contributed by atoms with van der Waals surface area (Å²) in [6, 6.07) is 8.44. The second-order valence-electron chi connectivity index (χ2n) is 8.74. The Morgan fingerprint density at radius 3 is 2.54 bits per heavy atom. The van der Waals surface area contributed by atoms with Gasteiger partial charge in [-0.2, -0.15) is 0 Å². The maximum absolute atomic E-state index is 13.6. The molecule has 1 aromatic rings. The number of hydrogen-bond acceptors (Lipinski definition) is 4. The van der Waals surface area contributed by atoms with Crippen LogP contribution in [0.2, 0.25) is 0 Å². The summed E-state index contributed by atoms with van der Waals surface area (Å²) in [4.78, 5) is 17.9. The molecule has 5 heteroatoms. The summed E-state index contributed by atoms with van der Waals surface area (Å²) in [5.41, 5.74) is 1.16. The normalized spacial score (nSPS) is 26.0. The van der Waals surface area contributed by atoms with Crippen LogP contribution in [0.1, 0.15) is 56.9 Å². The smallest absolute Gasteiger partial charge is 0.242 e. The van der Waals surface area contributed by atoms with E-state index in [2.05, 4.69) is 21.9 Å². The van der Waals surface area contributed by atoms with Gasteiger partial charge in [0.15, 0.2) is 0 Å². The van der Waals surface area contributed by atoms with Crippen LogP contribution < -0.4 is 4.74 Å². The van der Waals surface area contributed by atoms with Crippen molar-refractivity contribution in [2.24, 2.45) is 5.92 Å². The molecule has 1 saturated heterocycles. The third-order valence-corrected chi connectivity index (χ3v) is 6.92. The van der Waals surface area contributed by atoms with Crippen molar-refractivity contribution in [3.05, 3.63) is 29.8 Å². The lowest BCUT2D eigenvalue weighted by atomic mass is 9.78. The number of rotatable bonds is 7. The Hall–Kier alpha value is -1.59. The highest BCUT2D eigenvalue weighted by atomic mass is 16.5. The van der Waals surface area contributed by atoms with E-state index < -0.39 is 6.04 Å². The van der Waals surface area contributed by atoms with Crippen molar-refractivity contribution in [1.82, 2.24) is 9.80 Å². The Bertz CT molecular complexity index is 656. The number of hydrogen-bond donors (Lipinski definition) is 1. The molecule has 28 heavy (non-hydrogen) atoms. The summed E-state index contributed by atoms with van der Waals surface area (Å²) in [5.74, 6) is 1.66. The topological polar surface area (TPSA) is 53.0 Å². The van der Waals surface area contributed by atoms with E-state index in [1.54, 1.807) is 7.11 Å². The summed E-state index contributed by atoms with van der Waals surface area (Å²) in [7, 11) is 1.67. The molecule has 1 aliphatic heterocycles. The second-order valence-corrected chi connectivity index (χ2v) is 8.74. The number of ether oxygens (including phenoxy) is 1. The van der Waals surface area contributed by atoms with Crippen molar-refractivity contribution in [2.45, 2.75) is 76.0 Å². The average molecular weight is 387 g/mol. The minimum absolute atomic E-state index is 0.0978. The predicted octanol–water partition coefficient (Wildman–Crippen LogP) is 3.20. The Morgan fingerprint density at radius 2 is 1.86 bits per heavy atom. The van der Waals surface area contributed by atoms with Gasteiger partial charge < -0.3 is 14.7 Å². The van der Waals surface area contributed by atoms with Crippen LogP contribution in [0.5, 0.6) is 5.75 Å². The predicted molar refractivity (Wildman–Crippen MR) is 109 cm³/mol. The molecule has 4 rings (SSSR count). The molecular weight excluding hydrogens is 352 g/mol. The van der Waals surface area contributed by atoms with Gasteiger partial charge in [0.25, 0.3) is 0 Å². The first-order chi connectivity index (χ1) is 13.7. The summed E-state index contributed by atoms with van der Waals surface area (Å²) in [5, 5.41) is 10.2. The quantitative estimate of drug-likeness (QED) is 0.782. The number of piperidine rings is 1. The Balaban J connectivity index is 1.50. The Labute approximate surface area is 168 Å². The summed E-state index contributed by atoms with van der Waals surface area (Å²) in [6.07, 6.45) is 9.53. The first-order valence-electron chi connectivity index (χ1n) is 11.0. The lowest BCUT2D eigenvalue weighted by Gasteiger charge is -2.46. The number of likely N-dealkylation sites (tertiary alicyclic amines) is 1. The minimum Gasteiger partial charge on any atom is -0.497 e. The number of amides is 1. The van der Waals surface area contributed by atoms with E-state index in [0.29, 0.717) is 24.5 Å². The van der Waals surface area contributed by atoms with Crippen LogP contribution in [0.4, 0.5) is 0 Å². The molecule has 2 aliphatic carbocycles. The van der Waals surface area contributed by atoms with Gasteiger partial charge in [-0.15, -0.1) is 0 Å². The second kappa shape index (κ2) is 8.83. The van der Waals surface area contributed by atoms with Gasteiger partial charge in [-0.25, -0.2) is 0 Å². The monoisotopic (exact) mass is 386 g/mol. The molecule has 3 atom stereocenters. The molecular formula is C23H34N2O3. The number of carbonyl (C=O) groups excluding carboxylic acids is 1. The molecule has 5 nitrogen and oxygen atoms in total. The van der Waals surface area contributed by atoms with E-state index in [0.717, 1.165) is 43.5 Å². The molecule has 0 unspecified atom stereocenters. The number of benzene rings is 1. The van der Waals surface area contributed by atoms with E-state index in [4.69, 9.17) is 4.74 Å². The highest BCUT2D eigenvalue weighted by molar-refractivity contribution is 5.82. The van der Waals surface area contributed by atoms with E-state index in [1.165, 1.54) is 25.7 Å². The standard InChI is InChI=1S/C23H34N2O3/c1-28-20-12-8-17(9-13-20)15-25(19-10-11-19)22(16-26)23(27)24-14-4-6-18-5-2-3-7-21(18)24/h8-9,12-13,18-19,21-22,26H,2-7,10-11,14-16H2,1H3/t18-,21+,22-/m1/s1. The molecule has 2 saturated carbocycles. The Morgan fingerprint density at radius 1 is 1.14 bits per heavy atom. The number of aliphatic hydroxyl groups excluding tert-OH is 1. The largest absolute Gasteiger partial charge is 0.497 e. The van der Waals surface area contributed by atoms with Crippen LogP contribution in [0.25, 0.3) is 0 Å². The SMILES string of the molecule is COc1ccc(CN(C2CC2)[C@H](CO)C(=O)N2CCC[C@H]3CCCC[C@@H]32)cc1. The number of fused-ring (bicyclic) bond motifs is 1. The van der Waals surface area contributed by atoms with Gasteiger partial charge in [0.2, 0.25) is 5.91 Å². The zero-order chi connectivity index (χ0) is 19.5. The molecule has 1 heterocycles. The van der Waals surface area contributed by atoms with E-state index in [-0.39, 0.29) is 12.5 Å². The fourth-order valence-electron chi connectivity index (χ4n) is 5.26. The van der Waals surface area contributed by atoms with Crippen LogP contribution in [-0.4, -0.2) is 59.2 Å². The van der Waals surface area contributed by atoms with Gasteiger partial charge >= 0.3 is 0 Å². The number of carbonyl (C=O) groups is 1. The van der Waals surface area contributed by atoms with E-state index in [9.17, 15) is 9.90 Å². The van der Waals surface area contributed by atoms with E-state index >= 15 is 0 Å². The summed E-state index contributed by atoms with van der Waals surface area (Å²) < 4.78 is 5.26. The van der Waals surface area contributed by atoms with Crippen molar-refractivity contribution in [2.75, 3.05) is 20.3 Å². The lowest BCUT2D eigenvalue weighted by Crippen LogP contribution is -2.57. The van der Waals surface area contributed by atoms with Crippen molar-refractivity contribution < 1.29 is 14.6 Å². The van der Waals surface area contributed by atoms with Crippen molar-refractivity contribution in [1.29, 1.82) is 0 Å². The van der Waals surface area contributed by atoms with Gasteiger partial charge in [0.1, 0.15) is 11.8 Å². The van der Waals surface area contributed by atoms with Gasteiger partial charge in [-0.05, 0) is 62.1 Å². The van der Waals surface area contributed by atoms with Crippen molar-refractivity contribution >= 4 is 5.91 Å². The van der Waals surface area contributed by atoms with Crippen molar-refractivity contribution in [3.8, 4) is 5.75 Å². The van der Waals surface area contributed by atoms with Crippen LogP contribution in [0.15, 0.2) is 24.3 Å². The van der Waals surface area contributed by atoms with Gasteiger partial charge in [-0.1, -0.05) is 25.0 Å². The van der Waals surface area contributed by atoms with Crippen LogP contribution >= 0.6 is 0 Å². The molecule has 154 valence electrons. The van der Waals surface area contributed by atoms with Crippen LogP contribution in [-0.2, 0) is 11.3 Å². The highest BCUT2D eigenvalue weighted by Crippen LogP contribution is 2.37. The zero-order valence-corrected chi connectivity index (χ0v) is 17.1. The van der Waals surface area contributed by atoms with Crippen molar-refractivity contribution in [3.63, 3.8) is 0 Å². The van der Waals surface area contributed by atoms with Crippen LogP contribution in [0.3, 0.4) is 0 Å². The fourth-order valence-corrected chi connectivity index (χ4v) is 5.26. The molecule has 0 aromatic heterocycles. The zero-order valence-electron chi connectivity index (χ0n) is 17.1. The number of methoxy groups -OCH3 is 1. The highest BCUT2D eigenvalue weighted by Gasteiger charge is 2.42. The molecule has 0 bridgehead atoms. The van der Waals surface area contributed by atoms with Gasteiger partial charge in [-0.3, -0.25) is 9.69 Å². The molecule has 1 N–H and O–H groups in total. The Kier molecular flexibility index (Phi) is 6.22. The molecule has 3 aliphatic rings. The van der Waals surface area contributed by atoms with Crippen LogP contribution in [0, 0.1) is 5.92 Å².